The van der Waals surface area contributed by atoms with Crippen LogP contribution in [0.15, 0.2) is 0 Å². The van der Waals surface area contributed by atoms with Crippen molar-refractivity contribution in [2.24, 2.45) is 0 Å². The van der Waals surface area contributed by atoms with Gasteiger partial charge in [0.15, 0.2) is 0 Å². The van der Waals surface area contributed by atoms with Crippen molar-refractivity contribution in [1.29, 1.82) is 0 Å². The molecule has 0 radical (unpaired) electrons. The van der Waals surface area contributed by atoms with Crippen LogP contribution in [0.2, 0.25) is 0 Å². The highest BCUT2D eigenvalue weighted by Crippen LogP contribution is 2.45. The minimum Gasteiger partial charge on any atom is -0.394 e. The number of hydrogen-bond donors (Lipinski definition) is 3. The lowest BCUT2D eigenvalue weighted by molar-refractivity contribution is -0.870. The Morgan fingerprint density at radius 1 is 1.18 bits per heavy atom. The molecule has 8 heteroatoms. The van der Waals surface area contributed by atoms with Crippen molar-refractivity contribution in [3.8, 4) is 0 Å². The van der Waals surface area contributed by atoms with Gasteiger partial charge in [-0.2, -0.15) is 0 Å². The van der Waals surface area contributed by atoms with Crippen LogP contribution in [0, 0.1) is 0 Å². The smallest absolute Gasteiger partial charge is 0.394 e. The first kappa shape index (κ1) is 22.0. The molecule has 0 amide bonds. The van der Waals surface area contributed by atoms with E-state index in [0.717, 1.165) is 25.7 Å². The molecule has 0 aliphatic carbocycles. The summed E-state index contributed by atoms with van der Waals surface area (Å²) < 4.78 is 22.5. The highest BCUT2D eigenvalue weighted by molar-refractivity contribution is 7.47. The molecular formula is C14H33NO6P+. The maximum absolute atomic E-state index is 11.9. The lowest BCUT2D eigenvalue weighted by Gasteiger charge is -2.26. The maximum atomic E-state index is 11.9. The van der Waals surface area contributed by atoms with E-state index in [2.05, 4.69) is 6.92 Å². The van der Waals surface area contributed by atoms with Gasteiger partial charge in [-0.3, -0.25) is 9.05 Å². The van der Waals surface area contributed by atoms with E-state index in [4.69, 9.17) is 14.2 Å². The van der Waals surface area contributed by atoms with Crippen molar-refractivity contribution in [3.63, 3.8) is 0 Å². The normalized spacial score (nSPS) is 18.0. The molecule has 3 N–H and O–H groups in total. The molecule has 0 aromatic rings. The number of rotatable bonds is 13. The summed E-state index contributed by atoms with van der Waals surface area (Å²) in [6, 6.07) is 0. The van der Waals surface area contributed by atoms with Gasteiger partial charge in [0.1, 0.15) is 19.3 Å². The predicted molar refractivity (Wildman–Crippen MR) is 85.4 cm³/mol. The Hall–Kier alpha value is -0.0100. The van der Waals surface area contributed by atoms with Gasteiger partial charge in [-0.1, -0.05) is 32.6 Å². The first-order valence-electron chi connectivity index (χ1n) is 7.86. The van der Waals surface area contributed by atoms with Crippen LogP contribution in [0.3, 0.4) is 0 Å². The number of aliphatic hydroxyl groups is 2. The second-order valence-corrected chi connectivity index (χ2v) is 7.96. The fourth-order valence-corrected chi connectivity index (χ4v) is 2.80. The minimum absolute atomic E-state index is 0.0784. The van der Waals surface area contributed by atoms with Crippen molar-refractivity contribution < 1.29 is 33.2 Å². The van der Waals surface area contributed by atoms with E-state index in [1.165, 1.54) is 0 Å². The van der Waals surface area contributed by atoms with Crippen LogP contribution in [0.4, 0.5) is 0 Å². The van der Waals surface area contributed by atoms with Crippen LogP contribution in [0.5, 0.6) is 0 Å². The second-order valence-electron chi connectivity index (χ2n) is 6.56. The van der Waals surface area contributed by atoms with Gasteiger partial charge in [-0.15, -0.1) is 0 Å². The highest BCUT2D eigenvalue weighted by Gasteiger charge is 2.31. The van der Waals surface area contributed by atoms with Gasteiger partial charge in [-0.25, -0.2) is 4.57 Å². The zero-order valence-corrected chi connectivity index (χ0v) is 15.2. The van der Waals surface area contributed by atoms with Gasteiger partial charge < -0.3 is 19.6 Å². The first-order chi connectivity index (χ1) is 10.1. The van der Waals surface area contributed by atoms with E-state index in [1.807, 2.05) is 21.1 Å². The Labute approximate surface area is 134 Å². The van der Waals surface area contributed by atoms with Crippen molar-refractivity contribution in [2.45, 2.75) is 51.2 Å². The highest BCUT2D eigenvalue weighted by atomic mass is 31.2. The minimum atomic E-state index is -4.24. The largest absolute Gasteiger partial charge is 0.472 e. The lowest BCUT2D eigenvalue weighted by Crippen LogP contribution is -2.37. The second kappa shape index (κ2) is 10.7. The average molecular weight is 342 g/mol. The zero-order valence-electron chi connectivity index (χ0n) is 14.3. The van der Waals surface area contributed by atoms with Crippen LogP contribution in [0.25, 0.3) is 0 Å². The van der Waals surface area contributed by atoms with Gasteiger partial charge in [0.2, 0.25) is 0 Å². The molecule has 22 heavy (non-hydrogen) atoms. The third-order valence-corrected chi connectivity index (χ3v) is 4.29. The molecule has 0 fully saturated rings. The van der Waals surface area contributed by atoms with Gasteiger partial charge in [0.05, 0.1) is 33.9 Å². The molecule has 0 aliphatic heterocycles. The van der Waals surface area contributed by atoms with E-state index in [0.29, 0.717) is 17.4 Å². The Morgan fingerprint density at radius 2 is 1.82 bits per heavy atom. The summed E-state index contributed by atoms with van der Waals surface area (Å²) in [6.07, 6.45) is 2.15. The van der Waals surface area contributed by atoms with E-state index >= 15 is 0 Å². The molecule has 0 saturated carbocycles. The summed E-state index contributed by atoms with van der Waals surface area (Å²) in [4.78, 5) is 9.74. The van der Waals surface area contributed by atoms with E-state index in [1.54, 1.807) is 0 Å². The quantitative estimate of drug-likeness (QED) is 0.267. The van der Waals surface area contributed by atoms with Crippen molar-refractivity contribution in [1.82, 2.24) is 0 Å². The fourth-order valence-electron chi connectivity index (χ4n) is 1.84. The summed E-state index contributed by atoms with van der Waals surface area (Å²) in [7, 11) is 1.59. The van der Waals surface area contributed by atoms with Crippen LogP contribution < -0.4 is 0 Å². The van der Waals surface area contributed by atoms with Crippen molar-refractivity contribution in [2.75, 3.05) is 40.9 Å². The van der Waals surface area contributed by atoms with Crippen LogP contribution in [0.1, 0.15) is 39.0 Å². The molecule has 2 unspecified atom stereocenters. The number of hydrogen-bond acceptors (Lipinski definition) is 5. The molecule has 0 saturated heterocycles. The number of phosphoric ester groups is 1. The third kappa shape index (κ3) is 11.5. The molecular weight excluding hydrogens is 309 g/mol. The number of unbranched alkanes of at least 4 members (excludes halogenated alkanes) is 3. The summed E-state index contributed by atoms with van der Waals surface area (Å²) in [5.74, 6) is 0. The van der Waals surface area contributed by atoms with Crippen LogP contribution in [-0.4, -0.2) is 72.7 Å². The summed E-state index contributed by atoms with van der Waals surface area (Å²) in [5.41, 5.74) is 0. The SMILES string of the molecule is CCCCCCC(OP(=O)(O)OCC[N+](C)(C)C)[C@@H](O)CO. The Morgan fingerprint density at radius 3 is 2.32 bits per heavy atom. The maximum Gasteiger partial charge on any atom is 0.472 e. The number of phosphoric acid groups is 1. The first-order valence-corrected chi connectivity index (χ1v) is 9.36. The van der Waals surface area contributed by atoms with Crippen molar-refractivity contribution in [3.05, 3.63) is 0 Å². The molecule has 3 atom stereocenters. The van der Waals surface area contributed by atoms with Gasteiger partial charge in [0.25, 0.3) is 0 Å². The Kier molecular flexibility index (Phi) is 10.7. The summed E-state index contributed by atoms with van der Waals surface area (Å²) in [5, 5.41) is 18.8. The van der Waals surface area contributed by atoms with E-state index in [-0.39, 0.29) is 6.61 Å². The number of aliphatic hydroxyl groups excluding tert-OH is 2. The number of likely N-dealkylation sites (N-methyl/N-ethyl adjacent to an activating group) is 1. The summed E-state index contributed by atoms with van der Waals surface area (Å²) in [6.45, 7) is 2.20. The molecule has 0 aromatic heterocycles. The fraction of sp³-hybridized carbons (Fsp3) is 1.00. The molecule has 0 spiro atoms. The Bertz CT molecular complexity index is 334. The predicted octanol–water partition coefficient (Wildman–Crippen LogP) is 1.52. The number of quaternary nitrogens is 1. The van der Waals surface area contributed by atoms with Gasteiger partial charge in [0, 0.05) is 0 Å². The van der Waals surface area contributed by atoms with E-state index in [9.17, 15) is 14.6 Å². The molecule has 0 bridgehead atoms. The van der Waals surface area contributed by atoms with Crippen molar-refractivity contribution >= 4 is 7.82 Å². The Balaban J connectivity index is 4.38. The molecule has 0 rings (SSSR count). The molecule has 0 aliphatic rings. The third-order valence-electron chi connectivity index (χ3n) is 3.24. The van der Waals surface area contributed by atoms with Crippen LogP contribution in [-0.2, 0) is 13.6 Å². The molecule has 134 valence electrons. The summed E-state index contributed by atoms with van der Waals surface area (Å²) >= 11 is 0. The van der Waals surface area contributed by atoms with Gasteiger partial charge >= 0.3 is 7.82 Å². The number of nitrogens with zero attached hydrogens (tertiary/aromatic N) is 1. The van der Waals surface area contributed by atoms with Gasteiger partial charge in [-0.05, 0) is 6.42 Å². The zero-order chi connectivity index (χ0) is 17.2. The standard InChI is InChI=1S/C14H32NO6P/c1-5-6-7-8-9-14(13(17)12-16)21-22(18,19)20-11-10-15(2,3)4/h13-14,16-17H,5-12H2,1-4H3/p+1/t13-,14?/m0/s1. The topological polar surface area (TPSA) is 96.2 Å². The molecule has 0 heterocycles. The average Bonchev–Trinajstić information content (AvgIpc) is 2.39. The molecule has 7 nitrogen and oxygen atoms in total. The monoisotopic (exact) mass is 342 g/mol. The molecule has 0 aromatic carbocycles. The van der Waals surface area contributed by atoms with E-state index < -0.39 is 26.6 Å². The van der Waals surface area contributed by atoms with Crippen LogP contribution >= 0.6 is 7.82 Å². The lowest BCUT2D eigenvalue weighted by atomic mass is 10.1.